The lowest BCUT2D eigenvalue weighted by atomic mass is 10.0. The van der Waals surface area contributed by atoms with Gasteiger partial charge in [0.1, 0.15) is 5.75 Å². The van der Waals surface area contributed by atoms with Crippen LogP contribution < -0.4 is 10.1 Å². The van der Waals surface area contributed by atoms with Gasteiger partial charge in [-0.05, 0) is 36.6 Å². The molecule has 1 fully saturated rings. The number of rotatable bonds is 5. The molecule has 0 radical (unpaired) electrons. The first-order valence-electron chi connectivity index (χ1n) is 8.38. The molecule has 1 aliphatic rings. The van der Waals surface area contributed by atoms with E-state index >= 15 is 0 Å². The number of nitrogens with one attached hydrogen (secondary N) is 1. The standard InChI is InChI=1S/C20H26N2O/c1-16-4-3-5-18(12-16)13-19-14-21-10-11-22(19)15-17-6-8-20(23-2)9-7-17/h3-9,12,19,21H,10-11,13-15H2,1-2H3. The average molecular weight is 310 g/mol. The van der Waals surface area contributed by atoms with Crippen molar-refractivity contribution in [1.82, 2.24) is 10.2 Å². The first-order valence-corrected chi connectivity index (χ1v) is 8.38. The molecule has 0 aliphatic carbocycles. The fraction of sp³-hybridized carbons (Fsp3) is 0.400. The number of piperazine rings is 1. The van der Waals surface area contributed by atoms with E-state index in [0.717, 1.165) is 38.3 Å². The van der Waals surface area contributed by atoms with Crippen LogP contribution in [0.4, 0.5) is 0 Å². The van der Waals surface area contributed by atoms with Crippen molar-refractivity contribution in [3.8, 4) is 5.75 Å². The molecule has 3 rings (SSSR count). The van der Waals surface area contributed by atoms with E-state index < -0.39 is 0 Å². The lowest BCUT2D eigenvalue weighted by molar-refractivity contribution is 0.152. The summed E-state index contributed by atoms with van der Waals surface area (Å²) in [5.74, 6) is 0.922. The maximum atomic E-state index is 5.25. The molecule has 1 unspecified atom stereocenters. The van der Waals surface area contributed by atoms with Crippen molar-refractivity contribution in [3.63, 3.8) is 0 Å². The molecule has 1 aliphatic heterocycles. The lowest BCUT2D eigenvalue weighted by Crippen LogP contribution is -2.51. The Hall–Kier alpha value is -1.84. The van der Waals surface area contributed by atoms with E-state index in [2.05, 4.69) is 53.5 Å². The van der Waals surface area contributed by atoms with Crippen LogP contribution in [-0.2, 0) is 13.0 Å². The minimum atomic E-state index is 0.549. The Morgan fingerprint density at radius 3 is 2.70 bits per heavy atom. The Kier molecular flexibility index (Phi) is 5.31. The second kappa shape index (κ2) is 7.62. The number of nitrogens with zero attached hydrogens (tertiary/aromatic N) is 1. The summed E-state index contributed by atoms with van der Waals surface area (Å²) in [5, 5.41) is 3.54. The normalized spacial score (nSPS) is 18.8. The van der Waals surface area contributed by atoms with Crippen LogP contribution in [-0.4, -0.2) is 37.7 Å². The Morgan fingerprint density at radius 1 is 1.13 bits per heavy atom. The highest BCUT2D eigenvalue weighted by molar-refractivity contribution is 5.27. The first-order chi connectivity index (χ1) is 11.2. The summed E-state index contributed by atoms with van der Waals surface area (Å²) >= 11 is 0. The third-order valence-electron chi connectivity index (χ3n) is 4.57. The van der Waals surface area contributed by atoms with Crippen LogP contribution in [0.5, 0.6) is 5.75 Å². The fourth-order valence-electron chi connectivity index (χ4n) is 3.29. The highest BCUT2D eigenvalue weighted by Crippen LogP contribution is 2.17. The lowest BCUT2D eigenvalue weighted by Gasteiger charge is -2.36. The molecule has 0 bridgehead atoms. The van der Waals surface area contributed by atoms with Crippen molar-refractivity contribution in [1.29, 1.82) is 0 Å². The zero-order valence-electron chi connectivity index (χ0n) is 14.1. The van der Waals surface area contributed by atoms with Crippen molar-refractivity contribution >= 4 is 0 Å². The highest BCUT2D eigenvalue weighted by atomic mass is 16.5. The molecule has 1 heterocycles. The van der Waals surface area contributed by atoms with Gasteiger partial charge in [0.15, 0.2) is 0 Å². The molecule has 122 valence electrons. The summed E-state index contributed by atoms with van der Waals surface area (Å²) in [7, 11) is 1.71. The predicted molar refractivity (Wildman–Crippen MR) is 94.9 cm³/mol. The second-order valence-electron chi connectivity index (χ2n) is 6.37. The maximum Gasteiger partial charge on any atom is 0.118 e. The number of hydrogen-bond acceptors (Lipinski definition) is 3. The van der Waals surface area contributed by atoms with Gasteiger partial charge >= 0.3 is 0 Å². The van der Waals surface area contributed by atoms with Gasteiger partial charge in [-0.25, -0.2) is 0 Å². The summed E-state index contributed by atoms with van der Waals surface area (Å²) in [5.41, 5.74) is 4.12. The van der Waals surface area contributed by atoms with Crippen molar-refractivity contribution in [3.05, 3.63) is 65.2 Å². The van der Waals surface area contributed by atoms with Gasteiger partial charge in [0.2, 0.25) is 0 Å². The highest BCUT2D eigenvalue weighted by Gasteiger charge is 2.22. The molecule has 2 aromatic rings. The molecular formula is C20H26N2O. The summed E-state index contributed by atoms with van der Waals surface area (Å²) in [6.07, 6.45) is 1.10. The van der Waals surface area contributed by atoms with E-state index in [0.29, 0.717) is 6.04 Å². The molecule has 1 saturated heterocycles. The van der Waals surface area contributed by atoms with E-state index in [1.54, 1.807) is 7.11 Å². The molecule has 3 heteroatoms. The van der Waals surface area contributed by atoms with Crippen LogP contribution in [0.15, 0.2) is 48.5 Å². The third-order valence-corrected chi connectivity index (χ3v) is 4.57. The molecule has 0 amide bonds. The average Bonchev–Trinajstić information content (AvgIpc) is 2.57. The number of methoxy groups -OCH3 is 1. The van der Waals surface area contributed by atoms with Crippen molar-refractivity contribution in [2.45, 2.75) is 25.9 Å². The maximum absolute atomic E-state index is 5.25. The van der Waals surface area contributed by atoms with Crippen LogP contribution in [0.25, 0.3) is 0 Å². The minimum absolute atomic E-state index is 0.549. The predicted octanol–water partition coefficient (Wildman–Crippen LogP) is 3.02. The van der Waals surface area contributed by atoms with Crippen LogP contribution in [0.3, 0.4) is 0 Å². The smallest absolute Gasteiger partial charge is 0.118 e. The largest absolute Gasteiger partial charge is 0.497 e. The van der Waals surface area contributed by atoms with Crippen LogP contribution >= 0.6 is 0 Å². The van der Waals surface area contributed by atoms with E-state index in [-0.39, 0.29) is 0 Å². The minimum Gasteiger partial charge on any atom is -0.497 e. The van der Waals surface area contributed by atoms with E-state index in [1.165, 1.54) is 16.7 Å². The Balaban J connectivity index is 1.68. The summed E-state index contributed by atoms with van der Waals surface area (Å²) in [6.45, 7) is 6.40. The molecular weight excluding hydrogens is 284 g/mol. The van der Waals surface area contributed by atoms with E-state index in [9.17, 15) is 0 Å². The molecule has 1 N–H and O–H groups in total. The third kappa shape index (κ3) is 4.34. The van der Waals surface area contributed by atoms with E-state index in [1.807, 2.05) is 12.1 Å². The Morgan fingerprint density at radius 2 is 1.96 bits per heavy atom. The summed E-state index contributed by atoms with van der Waals surface area (Å²) in [6, 6.07) is 17.9. The molecule has 2 aromatic carbocycles. The van der Waals surface area contributed by atoms with Gasteiger partial charge in [0, 0.05) is 32.2 Å². The number of hydrogen-bond donors (Lipinski definition) is 1. The van der Waals surface area contributed by atoms with Crippen LogP contribution in [0.2, 0.25) is 0 Å². The van der Waals surface area contributed by atoms with Gasteiger partial charge < -0.3 is 10.1 Å². The molecule has 1 atom stereocenters. The van der Waals surface area contributed by atoms with Gasteiger partial charge in [-0.2, -0.15) is 0 Å². The summed E-state index contributed by atoms with van der Waals surface area (Å²) in [4.78, 5) is 2.60. The number of aryl methyl sites for hydroxylation is 1. The van der Waals surface area contributed by atoms with Gasteiger partial charge in [-0.1, -0.05) is 42.0 Å². The van der Waals surface area contributed by atoms with Gasteiger partial charge in [-0.3, -0.25) is 4.90 Å². The zero-order valence-corrected chi connectivity index (χ0v) is 14.1. The topological polar surface area (TPSA) is 24.5 Å². The van der Waals surface area contributed by atoms with E-state index in [4.69, 9.17) is 4.74 Å². The second-order valence-corrected chi connectivity index (χ2v) is 6.37. The molecule has 0 aromatic heterocycles. The van der Waals surface area contributed by atoms with Crippen molar-refractivity contribution in [2.75, 3.05) is 26.7 Å². The molecule has 3 nitrogen and oxygen atoms in total. The number of benzene rings is 2. The zero-order chi connectivity index (χ0) is 16.1. The van der Waals surface area contributed by atoms with Crippen LogP contribution in [0.1, 0.15) is 16.7 Å². The monoisotopic (exact) mass is 310 g/mol. The number of ether oxygens (including phenoxy) is 1. The fourth-order valence-corrected chi connectivity index (χ4v) is 3.29. The van der Waals surface area contributed by atoms with Gasteiger partial charge in [-0.15, -0.1) is 0 Å². The van der Waals surface area contributed by atoms with Gasteiger partial charge in [0.05, 0.1) is 7.11 Å². The molecule has 0 saturated carbocycles. The Labute approximate surface area is 139 Å². The van der Waals surface area contributed by atoms with Crippen molar-refractivity contribution < 1.29 is 4.74 Å². The summed E-state index contributed by atoms with van der Waals surface area (Å²) < 4.78 is 5.25. The molecule has 0 spiro atoms. The first kappa shape index (κ1) is 16.0. The Bertz CT molecular complexity index is 624. The van der Waals surface area contributed by atoms with Crippen LogP contribution in [0, 0.1) is 6.92 Å². The quantitative estimate of drug-likeness (QED) is 0.919. The SMILES string of the molecule is COc1ccc(CN2CCNCC2Cc2cccc(C)c2)cc1. The molecule has 23 heavy (non-hydrogen) atoms. The van der Waals surface area contributed by atoms with Crippen molar-refractivity contribution in [2.24, 2.45) is 0 Å². The van der Waals surface area contributed by atoms with Gasteiger partial charge in [0.25, 0.3) is 0 Å².